The van der Waals surface area contributed by atoms with Crippen LogP contribution < -0.4 is 0 Å². The van der Waals surface area contributed by atoms with E-state index in [-0.39, 0.29) is 23.2 Å². The number of carbonyl (C=O) groups excluding carboxylic acids is 1. The Morgan fingerprint density at radius 2 is 1.89 bits per heavy atom. The number of benzene rings is 1. The third-order valence-electron chi connectivity index (χ3n) is 6.83. The van der Waals surface area contributed by atoms with Crippen molar-refractivity contribution in [3.8, 4) is 0 Å². The van der Waals surface area contributed by atoms with Gasteiger partial charge in [-0.3, -0.25) is 4.79 Å². The van der Waals surface area contributed by atoms with E-state index in [9.17, 15) is 23.1 Å². The van der Waals surface area contributed by atoms with Crippen LogP contribution in [0.1, 0.15) is 61.6 Å². The van der Waals surface area contributed by atoms with Crippen LogP contribution in [-0.4, -0.2) is 34.6 Å². The molecular weight excluding hydrogens is 355 g/mol. The van der Waals surface area contributed by atoms with Gasteiger partial charge in [0.25, 0.3) is 0 Å². The van der Waals surface area contributed by atoms with Gasteiger partial charge in [0.15, 0.2) is 0 Å². The van der Waals surface area contributed by atoms with Gasteiger partial charge in [-0.05, 0) is 75.1 Å². The summed E-state index contributed by atoms with van der Waals surface area (Å²) in [4.78, 5) is 14.4. The highest BCUT2D eigenvalue weighted by Crippen LogP contribution is 2.53. The molecular formula is C21H26F3NO2. The Balaban J connectivity index is 1.37. The molecule has 3 aliphatic rings. The molecule has 1 N–H and O–H groups in total. The molecule has 0 aromatic heterocycles. The maximum Gasteiger partial charge on any atom is 0.416 e. The molecule has 6 heteroatoms. The first-order valence-corrected chi connectivity index (χ1v) is 9.67. The lowest BCUT2D eigenvalue weighted by Crippen LogP contribution is -2.61. The van der Waals surface area contributed by atoms with Crippen molar-refractivity contribution < 1.29 is 23.1 Å². The third kappa shape index (κ3) is 3.37. The summed E-state index contributed by atoms with van der Waals surface area (Å²) < 4.78 is 38.6. The Hall–Kier alpha value is -1.56. The smallest absolute Gasteiger partial charge is 0.390 e. The molecule has 1 heterocycles. The van der Waals surface area contributed by atoms with Crippen molar-refractivity contribution in [1.82, 2.24) is 4.90 Å². The average Bonchev–Trinajstić information content (AvgIpc) is 2.94. The highest BCUT2D eigenvalue weighted by atomic mass is 19.4. The maximum atomic E-state index is 12.9. The number of carbonyl (C=O) groups is 1. The molecule has 4 rings (SSSR count). The standard InChI is InChI=1S/C21H26F3NO2/c1-13-7-16(21(22,23)24)3-4-17(13)14-5-6-20(10-14)11-25(12-20)18(26)15-8-19(2,27)9-15/h3-4,7,14-15,27H,5-6,8-12H2,1-2H3/t14-,15?,19?/m1/s1. The zero-order chi connectivity index (χ0) is 19.6. The Bertz CT molecular complexity index is 757. The number of aliphatic hydroxyl groups is 1. The summed E-state index contributed by atoms with van der Waals surface area (Å²) in [5, 5.41) is 9.83. The van der Waals surface area contributed by atoms with Crippen LogP contribution in [0.5, 0.6) is 0 Å². The Kier molecular flexibility index (Phi) is 4.15. The number of hydrogen-bond donors (Lipinski definition) is 1. The molecule has 1 aromatic rings. The van der Waals surface area contributed by atoms with E-state index in [1.807, 2.05) is 4.90 Å². The van der Waals surface area contributed by atoms with E-state index in [1.54, 1.807) is 19.9 Å². The number of halogens is 3. The number of aryl methyl sites for hydroxylation is 1. The first-order chi connectivity index (χ1) is 12.5. The van der Waals surface area contributed by atoms with E-state index in [0.29, 0.717) is 18.4 Å². The van der Waals surface area contributed by atoms with Crippen molar-refractivity contribution in [3.05, 3.63) is 34.9 Å². The van der Waals surface area contributed by atoms with Gasteiger partial charge in [-0.2, -0.15) is 13.2 Å². The molecule has 1 spiro atoms. The highest BCUT2D eigenvalue weighted by molar-refractivity contribution is 5.81. The van der Waals surface area contributed by atoms with Crippen molar-refractivity contribution in [2.75, 3.05) is 13.1 Å². The predicted octanol–water partition coefficient (Wildman–Crippen LogP) is 4.27. The average molecular weight is 381 g/mol. The summed E-state index contributed by atoms with van der Waals surface area (Å²) in [5.41, 5.74) is 0.562. The van der Waals surface area contributed by atoms with Gasteiger partial charge in [-0.25, -0.2) is 0 Å². The van der Waals surface area contributed by atoms with Gasteiger partial charge < -0.3 is 10.0 Å². The lowest BCUT2D eigenvalue weighted by Gasteiger charge is -2.52. The summed E-state index contributed by atoms with van der Waals surface area (Å²) in [6.07, 6.45) is -0.297. The minimum absolute atomic E-state index is 0.0493. The molecule has 3 nitrogen and oxygen atoms in total. The SMILES string of the molecule is Cc1cc(C(F)(F)F)ccc1[C@@H]1CCC2(C1)CN(C(=O)C1CC(C)(O)C1)C2. The van der Waals surface area contributed by atoms with Crippen molar-refractivity contribution in [1.29, 1.82) is 0 Å². The molecule has 2 saturated carbocycles. The number of likely N-dealkylation sites (tertiary alicyclic amines) is 1. The van der Waals surface area contributed by atoms with Crippen LogP contribution in [0.2, 0.25) is 0 Å². The second-order valence-corrected chi connectivity index (χ2v) is 9.31. The lowest BCUT2D eigenvalue weighted by molar-refractivity contribution is -0.161. The molecule has 1 atom stereocenters. The second kappa shape index (κ2) is 5.97. The van der Waals surface area contributed by atoms with Crippen molar-refractivity contribution in [3.63, 3.8) is 0 Å². The topological polar surface area (TPSA) is 40.5 Å². The molecule has 1 aromatic carbocycles. The quantitative estimate of drug-likeness (QED) is 0.831. The molecule has 1 saturated heterocycles. The fourth-order valence-electron chi connectivity index (χ4n) is 5.42. The molecule has 0 radical (unpaired) electrons. The van der Waals surface area contributed by atoms with E-state index in [0.717, 1.165) is 37.9 Å². The van der Waals surface area contributed by atoms with E-state index in [4.69, 9.17) is 0 Å². The van der Waals surface area contributed by atoms with Crippen LogP contribution in [0.4, 0.5) is 13.2 Å². The van der Waals surface area contributed by atoms with Gasteiger partial charge >= 0.3 is 6.18 Å². The van der Waals surface area contributed by atoms with Gasteiger partial charge in [0.2, 0.25) is 5.91 Å². The van der Waals surface area contributed by atoms with Crippen molar-refractivity contribution >= 4 is 5.91 Å². The zero-order valence-corrected chi connectivity index (χ0v) is 15.8. The third-order valence-corrected chi connectivity index (χ3v) is 6.83. The second-order valence-electron chi connectivity index (χ2n) is 9.31. The molecule has 148 valence electrons. The highest BCUT2D eigenvalue weighted by Gasteiger charge is 2.53. The van der Waals surface area contributed by atoms with Gasteiger partial charge in [0, 0.05) is 24.4 Å². The minimum Gasteiger partial charge on any atom is -0.390 e. The predicted molar refractivity (Wildman–Crippen MR) is 95.1 cm³/mol. The molecule has 27 heavy (non-hydrogen) atoms. The fourth-order valence-corrected chi connectivity index (χ4v) is 5.42. The lowest BCUT2D eigenvalue weighted by atomic mass is 9.69. The molecule has 3 fully saturated rings. The van der Waals surface area contributed by atoms with E-state index in [1.165, 1.54) is 12.1 Å². The molecule has 2 aliphatic carbocycles. The number of alkyl halides is 3. The van der Waals surface area contributed by atoms with Gasteiger partial charge in [0.05, 0.1) is 11.2 Å². The fraction of sp³-hybridized carbons (Fsp3) is 0.667. The van der Waals surface area contributed by atoms with Crippen LogP contribution in [0.3, 0.4) is 0 Å². The summed E-state index contributed by atoms with van der Waals surface area (Å²) in [6, 6.07) is 4.08. The summed E-state index contributed by atoms with van der Waals surface area (Å²) in [6.45, 7) is 5.03. The van der Waals surface area contributed by atoms with Crippen LogP contribution in [0.25, 0.3) is 0 Å². The minimum atomic E-state index is -4.30. The Morgan fingerprint density at radius 1 is 1.22 bits per heavy atom. The zero-order valence-electron chi connectivity index (χ0n) is 15.8. The molecule has 1 aliphatic heterocycles. The van der Waals surface area contributed by atoms with Gasteiger partial charge in [-0.1, -0.05) is 6.07 Å². The maximum absolute atomic E-state index is 12.9. The summed E-state index contributed by atoms with van der Waals surface area (Å²) >= 11 is 0. The largest absolute Gasteiger partial charge is 0.416 e. The number of nitrogens with zero attached hydrogens (tertiary/aromatic N) is 1. The Labute approximate surface area is 157 Å². The number of amides is 1. The van der Waals surface area contributed by atoms with Gasteiger partial charge in [-0.15, -0.1) is 0 Å². The van der Waals surface area contributed by atoms with Crippen LogP contribution in [0.15, 0.2) is 18.2 Å². The number of rotatable bonds is 2. The van der Waals surface area contributed by atoms with E-state index >= 15 is 0 Å². The van der Waals surface area contributed by atoms with Crippen molar-refractivity contribution in [2.24, 2.45) is 11.3 Å². The first-order valence-electron chi connectivity index (χ1n) is 9.67. The normalized spacial score (nSPS) is 32.3. The van der Waals surface area contributed by atoms with Gasteiger partial charge in [0.1, 0.15) is 0 Å². The van der Waals surface area contributed by atoms with Crippen LogP contribution in [-0.2, 0) is 11.0 Å². The van der Waals surface area contributed by atoms with Crippen molar-refractivity contribution in [2.45, 2.75) is 63.6 Å². The summed E-state index contributed by atoms with van der Waals surface area (Å²) in [7, 11) is 0. The summed E-state index contributed by atoms with van der Waals surface area (Å²) in [5.74, 6) is 0.377. The molecule has 0 bridgehead atoms. The monoisotopic (exact) mass is 381 g/mol. The molecule has 0 unspecified atom stereocenters. The molecule has 1 amide bonds. The first kappa shape index (κ1) is 18.8. The number of hydrogen-bond acceptors (Lipinski definition) is 2. The van der Waals surface area contributed by atoms with Crippen LogP contribution in [0, 0.1) is 18.3 Å². The van der Waals surface area contributed by atoms with E-state index in [2.05, 4.69) is 0 Å². The van der Waals surface area contributed by atoms with E-state index < -0.39 is 17.3 Å². The van der Waals surface area contributed by atoms with Crippen LogP contribution >= 0.6 is 0 Å². The Morgan fingerprint density at radius 3 is 2.44 bits per heavy atom.